The van der Waals surface area contributed by atoms with E-state index in [9.17, 15) is 9.18 Å². The van der Waals surface area contributed by atoms with Crippen LogP contribution in [-0.4, -0.2) is 26.1 Å². The fourth-order valence-electron chi connectivity index (χ4n) is 2.55. The average molecular weight is 333 g/mol. The van der Waals surface area contributed by atoms with Crippen LogP contribution in [-0.2, 0) is 0 Å². The van der Waals surface area contributed by atoms with Gasteiger partial charge >= 0.3 is 0 Å². The number of aromatic nitrogens is 4. The normalized spacial score (nSPS) is 10.8. The van der Waals surface area contributed by atoms with Gasteiger partial charge in [-0.05, 0) is 29.8 Å². The number of hydrogen-bond donors (Lipinski definition) is 2. The van der Waals surface area contributed by atoms with Gasteiger partial charge < -0.3 is 5.32 Å². The summed E-state index contributed by atoms with van der Waals surface area (Å²) in [5, 5.41) is 10.0. The Balaban J connectivity index is 1.72. The third-order valence-electron chi connectivity index (χ3n) is 3.79. The highest BCUT2D eigenvalue weighted by Gasteiger charge is 2.16. The molecule has 0 radical (unpaired) electrons. The second kappa shape index (κ2) is 6.12. The number of pyridine rings is 2. The fourth-order valence-corrected chi connectivity index (χ4v) is 2.55. The first-order chi connectivity index (χ1) is 12.2. The highest BCUT2D eigenvalue weighted by Crippen LogP contribution is 2.25. The molecule has 0 aliphatic heterocycles. The Morgan fingerprint density at radius 1 is 1.04 bits per heavy atom. The molecule has 4 rings (SSSR count). The molecule has 1 amide bonds. The molecular weight excluding hydrogens is 321 g/mol. The number of fused-ring (bicyclic) bond motifs is 1. The lowest BCUT2D eigenvalue weighted by Crippen LogP contribution is -2.14. The first kappa shape index (κ1) is 14.9. The van der Waals surface area contributed by atoms with E-state index in [-0.39, 0.29) is 11.4 Å². The van der Waals surface area contributed by atoms with Crippen molar-refractivity contribution in [2.75, 3.05) is 5.32 Å². The largest absolute Gasteiger partial charge is 0.317 e. The Kier molecular flexibility index (Phi) is 3.66. The van der Waals surface area contributed by atoms with Gasteiger partial charge in [0, 0.05) is 29.5 Å². The molecular formula is C18H12FN5O. The van der Waals surface area contributed by atoms with Gasteiger partial charge in [-0.15, -0.1) is 0 Å². The lowest BCUT2D eigenvalue weighted by molar-refractivity contribution is 0.102. The molecule has 6 nitrogen and oxygen atoms in total. The van der Waals surface area contributed by atoms with Crippen molar-refractivity contribution < 1.29 is 9.18 Å². The van der Waals surface area contributed by atoms with E-state index >= 15 is 0 Å². The maximum Gasteiger partial charge on any atom is 0.276 e. The molecule has 0 fully saturated rings. The molecule has 3 aromatic heterocycles. The lowest BCUT2D eigenvalue weighted by Gasteiger charge is -2.05. The van der Waals surface area contributed by atoms with E-state index in [2.05, 4.69) is 25.5 Å². The zero-order valence-corrected chi connectivity index (χ0v) is 12.9. The van der Waals surface area contributed by atoms with Crippen molar-refractivity contribution in [3.8, 4) is 11.1 Å². The predicted molar refractivity (Wildman–Crippen MR) is 91.5 cm³/mol. The summed E-state index contributed by atoms with van der Waals surface area (Å²) in [6, 6.07) is 10.6. The standard InChI is InChI=1S/C18H12FN5O/c19-14-5-7-21-10-16(14)22-18(25)17-13-8-11(3-4-15(13)23-24-17)12-2-1-6-20-9-12/h1-10H,(H,22,25)(H,23,24). The van der Waals surface area contributed by atoms with Gasteiger partial charge in [-0.3, -0.25) is 19.9 Å². The van der Waals surface area contributed by atoms with Gasteiger partial charge in [-0.1, -0.05) is 12.1 Å². The van der Waals surface area contributed by atoms with E-state index in [1.54, 1.807) is 12.4 Å². The summed E-state index contributed by atoms with van der Waals surface area (Å²) in [5.74, 6) is -1.07. The molecule has 122 valence electrons. The molecule has 1 aromatic carbocycles. The van der Waals surface area contributed by atoms with Crippen molar-refractivity contribution in [2.24, 2.45) is 0 Å². The van der Waals surface area contributed by atoms with Crippen LogP contribution in [0.4, 0.5) is 10.1 Å². The average Bonchev–Trinajstić information content (AvgIpc) is 3.07. The lowest BCUT2D eigenvalue weighted by atomic mass is 10.0. The number of carbonyl (C=O) groups excluding carboxylic acids is 1. The van der Waals surface area contributed by atoms with Crippen molar-refractivity contribution in [1.29, 1.82) is 0 Å². The minimum absolute atomic E-state index is 0.00654. The number of anilines is 1. The van der Waals surface area contributed by atoms with Gasteiger partial charge in [0.05, 0.1) is 17.4 Å². The van der Waals surface area contributed by atoms with Crippen LogP contribution in [0.5, 0.6) is 0 Å². The van der Waals surface area contributed by atoms with E-state index in [1.807, 2.05) is 30.3 Å². The minimum atomic E-state index is -0.556. The number of nitrogens with zero attached hydrogens (tertiary/aromatic N) is 3. The van der Waals surface area contributed by atoms with Crippen LogP contribution in [0.3, 0.4) is 0 Å². The molecule has 25 heavy (non-hydrogen) atoms. The van der Waals surface area contributed by atoms with Gasteiger partial charge in [0.2, 0.25) is 0 Å². The van der Waals surface area contributed by atoms with Gasteiger partial charge in [-0.25, -0.2) is 4.39 Å². The SMILES string of the molecule is O=C(Nc1cnccc1F)c1n[nH]c2ccc(-c3cccnc3)cc12. The maximum absolute atomic E-state index is 13.7. The molecule has 3 heterocycles. The molecule has 0 saturated heterocycles. The number of carbonyl (C=O) groups is 1. The third kappa shape index (κ3) is 2.83. The van der Waals surface area contributed by atoms with Gasteiger partial charge in [0.1, 0.15) is 5.82 Å². The summed E-state index contributed by atoms with van der Waals surface area (Å²) >= 11 is 0. The zero-order chi connectivity index (χ0) is 17.2. The van der Waals surface area contributed by atoms with E-state index in [4.69, 9.17) is 0 Å². The Hall–Kier alpha value is -3.61. The third-order valence-corrected chi connectivity index (χ3v) is 3.79. The number of H-pyrrole nitrogens is 1. The number of benzene rings is 1. The van der Waals surface area contributed by atoms with Crippen LogP contribution < -0.4 is 5.32 Å². The molecule has 0 aliphatic carbocycles. The van der Waals surface area contributed by atoms with Crippen molar-refractivity contribution in [1.82, 2.24) is 20.2 Å². The minimum Gasteiger partial charge on any atom is -0.317 e. The Morgan fingerprint density at radius 3 is 2.72 bits per heavy atom. The highest BCUT2D eigenvalue weighted by molar-refractivity contribution is 6.11. The van der Waals surface area contributed by atoms with Crippen molar-refractivity contribution in [3.05, 3.63) is 72.7 Å². The summed E-state index contributed by atoms with van der Waals surface area (Å²) in [5.41, 5.74) is 2.74. The van der Waals surface area contributed by atoms with Crippen molar-refractivity contribution >= 4 is 22.5 Å². The zero-order valence-electron chi connectivity index (χ0n) is 12.9. The Morgan fingerprint density at radius 2 is 1.92 bits per heavy atom. The summed E-state index contributed by atoms with van der Waals surface area (Å²) < 4.78 is 13.7. The molecule has 2 N–H and O–H groups in total. The number of halogens is 1. The summed E-state index contributed by atoms with van der Waals surface area (Å²) in [7, 11) is 0. The molecule has 0 spiro atoms. The fraction of sp³-hybridized carbons (Fsp3) is 0. The van der Waals surface area contributed by atoms with E-state index in [1.165, 1.54) is 18.5 Å². The van der Waals surface area contributed by atoms with E-state index < -0.39 is 11.7 Å². The molecule has 7 heteroatoms. The summed E-state index contributed by atoms with van der Waals surface area (Å²) in [6.45, 7) is 0. The second-order valence-electron chi connectivity index (χ2n) is 5.38. The van der Waals surface area contributed by atoms with Crippen LogP contribution in [0, 0.1) is 5.82 Å². The van der Waals surface area contributed by atoms with Crippen LogP contribution in [0.1, 0.15) is 10.5 Å². The van der Waals surface area contributed by atoms with Gasteiger partial charge in [-0.2, -0.15) is 5.10 Å². The van der Waals surface area contributed by atoms with Crippen LogP contribution in [0.2, 0.25) is 0 Å². The monoisotopic (exact) mass is 333 g/mol. The summed E-state index contributed by atoms with van der Waals surface area (Å²) in [6.07, 6.45) is 6.01. The number of nitrogens with one attached hydrogen (secondary N) is 2. The van der Waals surface area contributed by atoms with Crippen LogP contribution >= 0.6 is 0 Å². The predicted octanol–water partition coefficient (Wildman–Crippen LogP) is 3.41. The Bertz CT molecular complexity index is 1060. The molecule has 0 saturated carbocycles. The molecule has 0 atom stereocenters. The van der Waals surface area contributed by atoms with Crippen LogP contribution in [0.25, 0.3) is 22.0 Å². The summed E-state index contributed by atoms with van der Waals surface area (Å²) in [4.78, 5) is 20.4. The topological polar surface area (TPSA) is 83.6 Å². The second-order valence-corrected chi connectivity index (χ2v) is 5.38. The van der Waals surface area contributed by atoms with Crippen LogP contribution in [0.15, 0.2) is 61.2 Å². The maximum atomic E-state index is 13.7. The smallest absolute Gasteiger partial charge is 0.276 e. The number of hydrogen-bond acceptors (Lipinski definition) is 4. The first-order valence-electron chi connectivity index (χ1n) is 7.52. The van der Waals surface area contributed by atoms with E-state index in [0.717, 1.165) is 11.1 Å². The number of aromatic amines is 1. The molecule has 0 aliphatic rings. The number of rotatable bonds is 3. The van der Waals surface area contributed by atoms with Gasteiger partial charge in [0.15, 0.2) is 5.69 Å². The van der Waals surface area contributed by atoms with Crippen molar-refractivity contribution in [3.63, 3.8) is 0 Å². The first-order valence-corrected chi connectivity index (χ1v) is 7.52. The van der Waals surface area contributed by atoms with Crippen molar-refractivity contribution in [2.45, 2.75) is 0 Å². The molecule has 0 unspecified atom stereocenters. The highest BCUT2D eigenvalue weighted by atomic mass is 19.1. The number of amides is 1. The Labute approximate surface area is 141 Å². The molecule has 0 bridgehead atoms. The van der Waals surface area contributed by atoms with Gasteiger partial charge in [0.25, 0.3) is 5.91 Å². The quantitative estimate of drug-likeness (QED) is 0.602. The molecule has 4 aromatic rings. The van der Waals surface area contributed by atoms with E-state index in [0.29, 0.717) is 10.9 Å².